The Balaban J connectivity index is 1.26. The van der Waals surface area contributed by atoms with E-state index in [1.807, 2.05) is 10.9 Å². The second kappa shape index (κ2) is 11.4. The number of hydrogen-bond donors (Lipinski definition) is 1. The van der Waals surface area contributed by atoms with Gasteiger partial charge in [-0.25, -0.2) is 18.7 Å². The molecule has 3 unspecified atom stereocenters. The number of aryl methyl sites for hydroxylation is 2. The molecule has 3 fully saturated rings. The number of fused-ring (bicyclic) bond motifs is 4. The van der Waals surface area contributed by atoms with E-state index < -0.39 is 12.0 Å². The quantitative estimate of drug-likeness (QED) is 0.307. The molecular weight excluding hydrogens is 598 g/mol. The maximum absolute atomic E-state index is 16.8. The first kappa shape index (κ1) is 29.0. The van der Waals surface area contributed by atoms with E-state index >= 15 is 4.39 Å². The monoisotopic (exact) mass is 634 g/mol. The minimum absolute atomic E-state index is 0.0552. The zero-order valence-corrected chi connectivity index (χ0v) is 26.0. The van der Waals surface area contributed by atoms with Crippen molar-refractivity contribution in [3.05, 3.63) is 52.4 Å². The van der Waals surface area contributed by atoms with Crippen molar-refractivity contribution in [3.63, 3.8) is 0 Å². The van der Waals surface area contributed by atoms with Gasteiger partial charge in [-0.05, 0) is 87.9 Å². The Labute approximate surface area is 265 Å². The van der Waals surface area contributed by atoms with Gasteiger partial charge in [0.15, 0.2) is 5.82 Å². The topological polar surface area (TPSA) is 96.1 Å². The number of aromatic nitrogens is 6. The maximum atomic E-state index is 16.8. The molecule has 4 aromatic rings. The van der Waals surface area contributed by atoms with Crippen LogP contribution in [0.3, 0.4) is 0 Å². The smallest absolute Gasteiger partial charge is 0.175 e. The minimum atomic E-state index is -0.810. The molecule has 0 spiro atoms. The Morgan fingerprint density at radius 1 is 1.07 bits per heavy atom. The number of piperidine rings is 1. The first-order chi connectivity index (χ1) is 21.8. The van der Waals surface area contributed by atoms with Crippen LogP contribution in [0.1, 0.15) is 62.0 Å². The molecular formula is C33H37ClF2N8O. The molecule has 5 aliphatic rings. The number of aromatic hydroxyl groups is 1. The lowest BCUT2D eigenvalue weighted by Crippen LogP contribution is -2.39. The average Bonchev–Trinajstić information content (AvgIpc) is 3.71. The molecule has 0 radical (unpaired) electrons. The van der Waals surface area contributed by atoms with Gasteiger partial charge < -0.3 is 10.0 Å². The SMILES string of the molecule is Oc1cc(Cl)c2c(c1)-c1ncc3c(nc(CCC45CCCN4CC(F)C5)nc3c1F)N1CCCC(C1)Cn1cc(nn1)CCC2. The number of alkyl halides is 1. The lowest BCUT2D eigenvalue weighted by atomic mass is 9.88. The maximum Gasteiger partial charge on any atom is 0.175 e. The van der Waals surface area contributed by atoms with Crippen LogP contribution in [0, 0.1) is 11.7 Å². The Hall–Kier alpha value is -3.44. The number of nitrogens with zero attached hydrogens (tertiary/aromatic N) is 8. The van der Waals surface area contributed by atoms with Crippen molar-refractivity contribution < 1.29 is 13.9 Å². The summed E-state index contributed by atoms with van der Waals surface area (Å²) in [5, 5.41) is 20.3. The van der Waals surface area contributed by atoms with Crippen LogP contribution in [0.15, 0.2) is 24.5 Å². The molecule has 0 aliphatic carbocycles. The van der Waals surface area contributed by atoms with Crippen molar-refractivity contribution >= 4 is 28.3 Å². The second-order valence-corrected chi connectivity index (χ2v) is 13.8. The van der Waals surface area contributed by atoms with E-state index in [0.717, 1.165) is 70.4 Å². The summed E-state index contributed by atoms with van der Waals surface area (Å²) >= 11 is 6.66. The molecule has 0 saturated carbocycles. The summed E-state index contributed by atoms with van der Waals surface area (Å²) in [7, 11) is 0. The van der Waals surface area contributed by atoms with E-state index in [0.29, 0.717) is 71.3 Å². The molecule has 3 atom stereocenters. The number of phenolic OH excluding ortho intramolecular Hbond substituents is 1. The third-order valence-electron chi connectivity index (χ3n) is 10.4. The molecule has 9 rings (SSSR count). The molecule has 1 N–H and O–H groups in total. The summed E-state index contributed by atoms with van der Waals surface area (Å²) in [5.41, 5.74) is 2.22. The van der Waals surface area contributed by atoms with Crippen LogP contribution in [-0.2, 0) is 25.8 Å². The number of benzene rings is 1. The van der Waals surface area contributed by atoms with Crippen LogP contribution < -0.4 is 4.90 Å². The molecule has 9 nitrogen and oxygen atoms in total. The number of rotatable bonds is 3. The fraction of sp³-hybridized carbons (Fsp3) is 0.545. The summed E-state index contributed by atoms with van der Waals surface area (Å²) in [4.78, 5) is 19.1. The van der Waals surface area contributed by atoms with Crippen molar-refractivity contribution in [2.24, 2.45) is 5.92 Å². The highest BCUT2D eigenvalue weighted by atomic mass is 35.5. The van der Waals surface area contributed by atoms with Crippen molar-refractivity contribution in [1.29, 1.82) is 0 Å². The third kappa shape index (κ3) is 5.31. The molecule has 3 aromatic heterocycles. The summed E-state index contributed by atoms with van der Waals surface area (Å²) in [5.74, 6) is 0.968. The summed E-state index contributed by atoms with van der Waals surface area (Å²) in [6.07, 6.45) is 10.7. The van der Waals surface area contributed by atoms with Gasteiger partial charge in [0.25, 0.3) is 0 Å². The fourth-order valence-corrected chi connectivity index (χ4v) is 8.64. The first-order valence-electron chi connectivity index (χ1n) is 16.3. The highest BCUT2D eigenvalue weighted by Crippen LogP contribution is 2.43. The molecule has 1 aromatic carbocycles. The number of phenols is 1. The van der Waals surface area contributed by atoms with E-state index in [1.165, 1.54) is 12.1 Å². The van der Waals surface area contributed by atoms with E-state index in [1.54, 1.807) is 6.20 Å². The van der Waals surface area contributed by atoms with Gasteiger partial charge in [0, 0.05) is 61.1 Å². The van der Waals surface area contributed by atoms with Crippen LogP contribution in [0.2, 0.25) is 5.02 Å². The van der Waals surface area contributed by atoms with Crippen molar-refractivity contribution in [2.45, 2.75) is 82.5 Å². The molecule has 3 saturated heterocycles. The highest BCUT2D eigenvalue weighted by Gasteiger charge is 2.48. The van der Waals surface area contributed by atoms with Gasteiger partial charge in [-0.1, -0.05) is 16.8 Å². The van der Waals surface area contributed by atoms with Gasteiger partial charge in [0.1, 0.15) is 34.8 Å². The molecule has 236 valence electrons. The predicted octanol–water partition coefficient (Wildman–Crippen LogP) is 5.70. The zero-order valence-electron chi connectivity index (χ0n) is 25.2. The Bertz CT molecular complexity index is 1770. The molecule has 12 heteroatoms. The van der Waals surface area contributed by atoms with E-state index in [2.05, 4.69) is 25.1 Å². The first-order valence-corrected chi connectivity index (χ1v) is 16.6. The minimum Gasteiger partial charge on any atom is -0.508 e. The van der Waals surface area contributed by atoms with Crippen LogP contribution in [0.25, 0.3) is 22.2 Å². The average molecular weight is 635 g/mol. The number of halogens is 3. The van der Waals surface area contributed by atoms with Crippen molar-refractivity contribution in [3.8, 4) is 17.0 Å². The molecule has 0 amide bonds. The van der Waals surface area contributed by atoms with Crippen LogP contribution >= 0.6 is 11.6 Å². The molecule has 5 aliphatic heterocycles. The van der Waals surface area contributed by atoms with Crippen LogP contribution in [0.5, 0.6) is 5.75 Å². The van der Waals surface area contributed by atoms with Gasteiger partial charge in [-0.2, -0.15) is 0 Å². The van der Waals surface area contributed by atoms with Gasteiger partial charge in [0.05, 0.1) is 11.1 Å². The summed E-state index contributed by atoms with van der Waals surface area (Å²) in [6, 6.07) is 3.02. The van der Waals surface area contributed by atoms with Crippen LogP contribution in [0.4, 0.5) is 14.6 Å². The summed E-state index contributed by atoms with van der Waals surface area (Å²) in [6.45, 7) is 3.70. The molecule has 45 heavy (non-hydrogen) atoms. The number of hydrogen-bond acceptors (Lipinski definition) is 8. The Kier molecular flexibility index (Phi) is 7.36. The second-order valence-electron chi connectivity index (χ2n) is 13.4. The standard InChI is InChI=1S/C33H37ClF2N8O/c34-27-13-23(45)12-25-24(27)6-1-5-22-19-44(41-40-22)17-20-4-2-10-42(16-20)32-26-15-37-30(25)29(36)31(26)38-28(39-32)7-9-33-8-3-11-43(33)18-21(35)14-33/h12-13,15,19-21,45H,1-11,14,16-18H2. The van der Waals surface area contributed by atoms with E-state index in [9.17, 15) is 9.50 Å². The molecule has 8 heterocycles. The third-order valence-corrected chi connectivity index (χ3v) is 10.8. The van der Waals surface area contributed by atoms with E-state index in [-0.39, 0.29) is 22.5 Å². The lowest BCUT2D eigenvalue weighted by molar-refractivity contribution is 0.181. The van der Waals surface area contributed by atoms with E-state index in [4.69, 9.17) is 21.6 Å². The zero-order chi connectivity index (χ0) is 30.7. The summed E-state index contributed by atoms with van der Waals surface area (Å²) < 4.78 is 33.3. The Morgan fingerprint density at radius 3 is 2.89 bits per heavy atom. The number of pyridine rings is 1. The largest absolute Gasteiger partial charge is 0.508 e. The van der Waals surface area contributed by atoms with Gasteiger partial charge >= 0.3 is 0 Å². The highest BCUT2D eigenvalue weighted by molar-refractivity contribution is 6.32. The van der Waals surface area contributed by atoms with Gasteiger partial charge in [-0.15, -0.1) is 5.10 Å². The van der Waals surface area contributed by atoms with Crippen molar-refractivity contribution in [2.75, 3.05) is 31.1 Å². The lowest BCUT2D eigenvalue weighted by Gasteiger charge is -2.34. The Morgan fingerprint density at radius 2 is 1.98 bits per heavy atom. The fourth-order valence-electron chi connectivity index (χ4n) is 8.33. The van der Waals surface area contributed by atoms with Crippen molar-refractivity contribution in [1.82, 2.24) is 34.8 Å². The predicted molar refractivity (Wildman–Crippen MR) is 168 cm³/mol. The number of anilines is 1. The van der Waals surface area contributed by atoms with Gasteiger partial charge in [-0.3, -0.25) is 14.6 Å². The van der Waals surface area contributed by atoms with Crippen LogP contribution in [-0.4, -0.2) is 77.8 Å². The normalized spacial score (nSPS) is 25.2. The van der Waals surface area contributed by atoms with Gasteiger partial charge in [0.2, 0.25) is 0 Å². The molecule has 8 bridgehead atoms.